The van der Waals surface area contributed by atoms with E-state index in [9.17, 15) is 14.4 Å². The number of carbonyl (C=O) groups excluding carboxylic acids is 3. The summed E-state index contributed by atoms with van der Waals surface area (Å²) in [6, 6.07) is 1.82. The van der Waals surface area contributed by atoms with Gasteiger partial charge >= 0.3 is 5.97 Å². The first-order valence-corrected chi connectivity index (χ1v) is 7.74. The van der Waals surface area contributed by atoms with E-state index in [0.717, 1.165) is 25.7 Å². The molecule has 0 saturated carbocycles. The number of unbranched alkanes of at least 4 members (excludes halogenated alkanes) is 4. The van der Waals surface area contributed by atoms with Crippen LogP contribution >= 0.6 is 0 Å². The van der Waals surface area contributed by atoms with Crippen molar-refractivity contribution in [2.24, 2.45) is 0 Å². The maximum absolute atomic E-state index is 12.1. The molecule has 0 aliphatic carbocycles. The molecule has 122 valence electrons. The lowest BCUT2D eigenvalue weighted by Crippen LogP contribution is -2.33. The quantitative estimate of drug-likeness (QED) is 0.239. The van der Waals surface area contributed by atoms with Crippen LogP contribution in [0.15, 0.2) is 12.2 Å². The van der Waals surface area contributed by atoms with E-state index in [-0.39, 0.29) is 18.4 Å². The SMILES string of the molecule is C=C(C)C(=O)OC(CCCCCCC)C(=O)C(=O)CCC#N. The second kappa shape index (κ2) is 11.7. The summed E-state index contributed by atoms with van der Waals surface area (Å²) in [6.07, 6.45) is 4.05. The third kappa shape index (κ3) is 8.35. The van der Waals surface area contributed by atoms with Gasteiger partial charge in [-0.2, -0.15) is 5.26 Å². The summed E-state index contributed by atoms with van der Waals surface area (Å²) in [5.41, 5.74) is 0.188. The number of hydrogen-bond acceptors (Lipinski definition) is 5. The first kappa shape index (κ1) is 20.0. The van der Waals surface area contributed by atoms with Crippen LogP contribution in [-0.4, -0.2) is 23.6 Å². The van der Waals surface area contributed by atoms with Crippen LogP contribution in [-0.2, 0) is 19.1 Å². The molecule has 0 heterocycles. The zero-order chi connectivity index (χ0) is 17.0. The van der Waals surface area contributed by atoms with E-state index in [1.165, 1.54) is 6.92 Å². The highest BCUT2D eigenvalue weighted by Gasteiger charge is 2.28. The minimum Gasteiger partial charge on any atom is -0.450 e. The van der Waals surface area contributed by atoms with Crippen LogP contribution in [0.25, 0.3) is 0 Å². The molecule has 0 aromatic heterocycles. The van der Waals surface area contributed by atoms with Gasteiger partial charge in [0.05, 0.1) is 6.07 Å². The fraction of sp³-hybridized carbons (Fsp3) is 0.647. The van der Waals surface area contributed by atoms with E-state index < -0.39 is 23.6 Å². The molecule has 5 heteroatoms. The van der Waals surface area contributed by atoms with E-state index in [4.69, 9.17) is 10.00 Å². The maximum Gasteiger partial charge on any atom is 0.333 e. The molecule has 5 nitrogen and oxygen atoms in total. The predicted octanol–water partition coefficient (Wildman–Crippen LogP) is 3.28. The predicted molar refractivity (Wildman–Crippen MR) is 82.9 cm³/mol. The van der Waals surface area contributed by atoms with Crippen molar-refractivity contribution in [3.63, 3.8) is 0 Å². The van der Waals surface area contributed by atoms with Crippen molar-refractivity contribution < 1.29 is 19.1 Å². The highest BCUT2D eigenvalue weighted by molar-refractivity contribution is 6.39. The Bertz CT molecular complexity index is 448. The van der Waals surface area contributed by atoms with E-state index in [1.807, 2.05) is 6.07 Å². The van der Waals surface area contributed by atoms with E-state index >= 15 is 0 Å². The molecular weight excluding hydrogens is 282 g/mol. The van der Waals surface area contributed by atoms with Gasteiger partial charge in [-0.15, -0.1) is 0 Å². The Hall–Kier alpha value is -1.96. The highest BCUT2D eigenvalue weighted by Crippen LogP contribution is 2.13. The summed E-state index contributed by atoms with van der Waals surface area (Å²) in [6.45, 7) is 7.06. The minimum absolute atomic E-state index is 0.0117. The van der Waals surface area contributed by atoms with Crippen molar-refractivity contribution in [2.45, 2.75) is 71.3 Å². The number of ether oxygens (including phenoxy) is 1. The summed E-state index contributed by atoms with van der Waals surface area (Å²) < 4.78 is 5.09. The van der Waals surface area contributed by atoms with Crippen LogP contribution in [0.1, 0.15) is 65.2 Å². The summed E-state index contributed by atoms with van der Waals surface area (Å²) in [4.78, 5) is 35.4. The average molecular weight is 307 g/mol. The Morgan fingerprint density at radius 1 is 1.18 bits per heavy atom. The van der Waals surface area contributed by atoms with Gasteiger partial charge in [0.25, 0.3) is 0 Å². The molecule has 0 rings (SSSR count). The number of nitriles is 1. The van der Waals surface area contributed by atoms with E-state index in [2.05, 4.69) is 13.5 Å². The topological polar surface area (TPSA) is 84.2 Å². The second-order valence-corrected chi connectivity index (χ2v) is 5.32. The molecule has 0 saturated heterocycles. The number of ketones is 2. The van der Waals surface area contributed by atoms with Gasteiger partial charge in [0.15, 0.2) is 6.10 Å². The van der Waals surface area contributed by atoms with Crippen LogP contribution < -0.4 is 0 Å². The lowest BCUT2D eigenvalue weighted by Gasteiger charge is -2.16. The van der Waals surface area contributed by atoms with Crippen LogP contribution in [0.3, 0.4) is 0 Å². The number of Topliss-reactive ketones (excluding diaryl/α,β-unsaturated/α-hetero) is 2. The second-order valence-electron chi connectivity index (χ2n) is 5.32. The molecule has 0 aliphatic heterocycles. The van der Waals surface area contributed by atoms with Gasteiger partial charge in [0.1, 0.15) is 0 Å². The normalized spacial score (nSPS) is 11.3. The molecule has 1 atom stereocenters. The number of carbonyl (C=O) groups is 3. The zero-order valence-corrected chi connectivity index (χ0v) is 13.5. The van der Waals surface area contributed by atoms with Gasteiger partial charge < -0.3 is 4.74 Å². The maximum atomic E-state index is 12.1. The fourth-order valence-electron chi connectivity index (χ4n) is 1.88. The number of nitrogens with zero attached hydrogens (tertiary/aromatic N) is 1. The largest absolute Gasteiger partial charge is 0.450 e. The molecule has 0 amide bonds. The van der Waals surface area contributed by atoms with Crippen molar-refractivity contribution in [1.82, 2.24) is 0 Å². The summed E-state index contributed by atoms with van der Waals surface area (Å²) >= 11 is 0. The summed E-state index contributed by atoms with van der Waals surface area (Å²) in [5, 5.41) is 8.47. The molecular formula is C17H25NO4. The molecule has 0 fully saturated rings. The third-order valence-corrected chi connectivity index (χ3v) is 3.20. The van der Waals surface area contributed by atoms with E-state index in [1.54, 1.807) is 0 Å². The summed E-state index contributed by atoms with van der Waals surface area (Å²) in [7, 11) is 0. The lowest BCUT2D eigenvalue weighted by atomic mass is 10.0. The standard InChI is InChI=1S/C17H25NO4/c1-4-5-6-7-8-11-15(22-17(21)13(2)3)16(20)14(19)10-9-12-18/h15H,2,4-11H2,1,3H3. The molecule has 0 aliphatic rings. The smallest absolute Gasteiger partial charge is 0.333 e. The Balaban J connectivity index is 4.60. The van der Waals surface area contributed by atoms with Crippen molar-refractivity contribution in [1.29, 1.82) is 5.26 Å². The first-order valence-electron chi connectivity index (χ1n) is 7.74. The van der Waals surface area contributed by atoms with Crippen LogP contribution in [0.4, 0.5) is 0 Å². The van der Waals surface area contributed by atoms with Gasteiger partial charge in [-0.3, -0.25) is 9.59 Å². The summed E-state index contributed by atoms with van der Waals surface area (Å²) in [5.74, 6) is -2.05. The molecule has 0 radical (unpaired) electrons. The number of esters is 1. The lowest BCUT2D eigenvalue weighted by molar-refractivity contribution is -0.154. The van der Waals surface area contributed by atoms with Crippen LogP contribution in [0.5, 0.6) is 0 Å². The van der Waals surface area contributed by atoms with E-state index in [0.29, 0.717) is 12.8 Å². The molecule has 0 bridgehead atoms. The number of hydrogen-bond donors (Lipinski definition) is 0. The first-order chi connectivity index (χ1) is 10.4. The molecule has 0 aromatic carbocycles. The fourth-order valence-corrected chi connectivity index (χ4v) is 1.88. The Morgan fingerprint density at radius 2 is 1.82 bits per heavy atom. The van der Waals surface area contributed by atoms with Gasteiger partial charge in [-0.1, -0.05) is 39.2 Å². The van der Waals surface area contributed by atoms with Crippen molar-refractivity contribution in [3.8, 4) is 6.07 Å². The minimum atomic E-state index is -1.06. The molecule has 0 spiro atoms. The third-order valence-electron chi connectivity index (χ3n) is 3.20. The average Bonchev–Trinajstić information content (AvgIpc) is 2.50. The Kier molecular flexibility index (Phi) is 10.6. The van der Waals surface area contributed by atoms with Gasteiger partial charge in [0, 0.05) is 18.4 Å². The molecule has 0 N–H and O–H groups in total. The van der Waals surface area contributed by atoms with Gasteiger partial charge in [-0.25, -0.2) is 4.79 Å². The van der Waals surface area contributed by atoms with Crippen molar-refractivity contribution in [2.75, 3.05) is 0 Å². The zero-order valence-electron chi connectivity index (χ0n) is 13.5. The van der Waals surface area contributed by atoms with Gasteiger partial charge in [0.2, 0.25) is 11.6 Å². The Morgan fingerprint density at radius 3 is 2.36 bits per heavy atom. The van der Waals surface area contributed by atoms with Crippen LogP contribution in [0, 0.1) is 11.3 Å². The monoisotopic (exact) mass is 307 g/mol. The molecule has 1 unspecified atom stereocenters. The Labute approximate surface area is 132 Å². The van der Waals surface area contributed by atoms with Crippen molar-refractivity contribution >= 4 is 17.5 Å². The number of rotatable bonds is 12. The highest BCUT2D eigenvalue weighted by atomic mass is 16.5. The molecule has 22 heavy (non-hydrogen) atoms. The van der Waals surface area contributed by atoms with Crippen LogP contribution in [0.2, 0.25) is 0 Å². The van der Waals surface area contributed by atoms with Crippen molar-refractivity contribution in [3.05, 3.63) is 12.2 Å². The van der Waals surface area contributed by atoms with Gasteiger partial charge in [-0.05, 0) is 19.8 Å². The molecule has 0 aromatic rings.